The van der Waals surface area contributed by atoms with Crippen molar-refractivity contribution in [2.45, 2.75) is 28.8 Å². The second-order valence-electron chi connectivity index (χ2n) is 4.11. The topological polar surface area (TPSA) is 26.3 Å². The van der Waals surface area contributed by atoms with E-state index in [1.54, 1.807) is 0 Å². The average Bonchev–Trinajstić information content (AvgIpc) is 2.80. The quantitative estimate of drug-likeness (QED) is 0.605. The van der Waals surface area contributed by atoms with Crippen LogP contribution in [0.25, 0.3) is 0 Å². The number of Topliss-reactive ketones (excluding diaryl/α,β-unsaturated/α-hetero) is 1. The first-order valence-electron chi connectivity index (χ1n) is 5.29. The zero-order chi connectivity index (χ0) is 11.1. The molecule has 4 heteroatoms. The molecular weight excluding hydrogens is 291 g/mol. The second-order valence-corrected chi connectivity index (χ2v) is 7.24. The first-order valence-corrected chi connectivity index (χ1v) is 7.58. The minimum absolute atomic E-state index is 0.0696. The predicted molar refractivity (Wildman–Crippen MR) is 63.5 cm³/mol. The van der Waals surface area contributed by atoms with Gasteiger partial charge in [-0.3, -0.25) is 0 Å². The molecule has 0 saturated carbocycles. The molecule has 1 aromatic carbocycles. The normalized spacial score (nSPS) is 36.9. The van der Waals surface area contributed by atoms with Gasteiger partial charge in [0.15, 0.2) is 0 Å². The summed E-state index contributed by atoms with van der Waals surface area (Å²) >= 11 is 6.59. The van der Waals surface area contributed by atoms with E-state index in [2.05, 4.69) is 12.1 Å². The summed E-state index contributed by atoms with van der Waals surface area (Å²) in [6, 6.07) is 10.3. The number of ketones is 1. The van der Waals surface area contributed by atoms with E-state index in [0.29, 0.717) is 26.2 Å². The zero-order valence-corrected chi connectivity index (χ0v) is 11.0. The number of halogens is 1. The Morgan fingerprint density at radius 2 is 2.06 bits per heavy atom. The molecule has 1 aromatic rings. The fourth-order valence-corrected chi connectivity index (χ4v) is 5.42. The van der Waals surface area contributed by atoms with Crippen molar-refractivity contribution in [3.8, 4) is 0 Å². The molecule has 0 spiro atoms. The van der Waals surface area contributed by atoms with Crippen LogP contribution >= 0.6 is 11.6 Å². The van der Waals surface area contributed by atoms with Crippen molar-refractivity contribution in [3.63, 3.8) is 0 Å². The zero-order valence-electron chi connectivity index (χ0n) is 8.51. The maximum absolute atomic E-state index is 11.4. The third kappa shape index (κ3) is 1.72. The summed E-state index contributed by atoms with van der Waals surface area (Å²) in [6.07, 6.45) is 0.301. The molecule has 4 atom stereocenters. The van der Waals surface area contributed by atoms with Gasteiger partial charge in [-0.25, -0.2) is 0 Å². The molecule has 2 bridgehead atoms. The van der Waals surface area contributed by atoms with Gasteiger partial charge in [-0.15, -0.1) is 0 Å². The molecule has 0 amide bonds. The summed E-state index contributed by atoms with van der Waals surface area (Å²) in [4.78, 5) is 11.8. The van der Waals surface area contributed by atoms with Gasteiger partial charge in [0.25, 0.3) is 0 Å². The molecule has 3 rings (SSSR count). The molecule has 2 aliphatic rings. The van der Waals surface area contributed by atoms with Gasteiger partial charge in [0.2, 0.25) is 0 Å². The van der Waals surface area contributed by atoms with Crippen LogP contribution < -0.4 is 4.46 Å². The van der Waals surface area contributed by atoms with Gasteiger partial charge < -0.3 is 0 Å². The van der Waals surface area contributed by atoms with Crippen LogP contribution in [0, 0.1) is 0 Å². The van der Waals surface area contributed by atoms with E-state index in [-0.39, 0.29) is 23.4 Å². The minimum atomic E-state index is -0.331. The number of alkyl halides is 1. The summed E-state index contributed by atoms with van der Waals surface area (Å²) in [5.41, 5.74) is 0. The van der Waals surface area contributed by atoms with Gasteiger partial charge in [-0.1, -0.05) is 0 Å². The number of hydrogen-bond acceptors (Lipinski definition) is 2. The third-order valence-electron chi connectivity index (χ3n) is 3.03. The Kier molecular flexibility index (Phi) is 2.80. The summed E-state index contributed by atoms with van der Waals surface area (Å²) in [7, 11) is 0. The summed E-state index contributed by atoms with van der Waals surface area (Å²) in [5.74, 6) is 0.185. The Balaban J connectivity index is 1.76. The molecule has 2 aliphatic heterocycles. The number of benzene rings is 1. The van der Waals surface area contributed by atoms with Crippen LogP contribution in [-0.4, -0.2) is 38.3 Å². The molecule has 2 unspecified atom stereocenters. The maximum atomic E-state index is 11.4. The Morgan fingerprint density at radius 1 is 1.31 bits per heavy atom. The molecule has 2 saturated heterocycles. The van der Waals surface area contributed by atoms with Crippen molar-refractivity contribution < 1.29 is 9.53 Å². The van der Waals surface area contributed by atoms with Crippen molar-refractivity contribution in [3.05, 3.63) is 30.3 Å². The Morgan fingerprint density at radius 3 is 2.69 bits per heavy atom. The summed E-state index contributed by atoms with van der Waals surface area (Å²) in [5, 5.41) is -0.119. The van der Waals surface area contributed by atoms with Crippen molar-refractivity contribution in [2.24, 2.45) is 0 Å². The Hall–Kier alpha value is -0.341. The Labute approximate surface area is 105 Å². The number of hydrogen-bond donors (Lipinski definition) is 0. The molecule has 2 heterocycles. The van der Waals surface area contributed by atoms with E-state index in [9.17, 15) is 4.79 Å². The van der Waals surface area contributed by atoms with Gasteiger partial charge >= 0.3 is 105 Å². The Bertz CT molecular complexity index is 407. The molecule has 2 fully saturated rings. The predicted octanol–water partition coefficient (Wildman–Crippen LogP) is 1.15. The molecule has 0 radical (unpaired) electrons. The third-order valence-corrected chi connectivity index (χ3v) is 6.83. The molecule has 0 aliphatic carbocycles. The van der Waals surface area contributed by atoms with Crippen LogP contribution in [0.2, 0.25) is 4.82 Å². The van der Waals surface area contributed by atoms with Gasteiger partial charge in [0.05, 0.1) is 0 Å². The van der Waals surface area contributed by atoms with Crippen LogP contribution in [-0.2, 0) is 9.53 Å². The number of ether oxygens (including phenoxy) is 1. The van der Waals surface area contributed by atoms with E-state index in [1.165, 1.54) is 4.46 Å². The van der Waals surface area contributed by atoms with E-state index in [4.69, 9.17) is 16.3 Å². The summed E-state index contributed by atoms with van der Waals surface area (Å²) in [6.45, 7) is 0. The molecule has 0 N–H and O–H groups in total. The number of carbonyl (C=O) groups excluding carboxylic acids is 1. The fraction of sp³-hybridized carbons (Fsp3) is 0.417. The number of rotatable bonds is 2. The van der Waals surface area contributed by atoms with Crippen molar-refractivity contribution >= 4 is 36.8 Å². The van der Waals surface area contributed by atoms with Gasteiger partial charge in [-0.05, 0) is 0 Å². The second kappa shape index (κ2) is 4.15. The average molecular weight is 302 g/mol. The number of fused-ring (bicyclic) bond motifs is 2. The van der Waals surface area contributed by atoms with E-state index in [0.717, 1.165) is 0 Å². The molecule has 0 aromatic heterocycles. The van der Waals surface area contributed by atoms with Crippen LogP contribution in [0.4, 0.5) is 0 Å². The van der Waals surface area contributed by atoms with Crippen LogP contribution in [0.1, 0.15) is 6.42 Å². The summed E-state index contributed by atoms with van der Waals surface area (Å²) < 4.78 is 6.94. The molecular formula is C12H11ClO2Se. The molecule has 16 heavy (non-hydrogen) atoms. The van der Waals surface area contributed by atoms with E-state index >= 15 is 0 Å². The van der Waals surface area contributed by atoms with Gasteiger partial charge in [-0.2, -0.15) is 0 Å². The SMILES string of the molecule is O=C1CC2OC1[C@@H](Cl)[C@@H]2[Se]c1ccccc1. The number of carbonyl (C=O) groups is 1. The standard InChI is InChI=1S/C12H11ClO2Se/c13-10-11-8(14)6-9(15-11)12(10)16-7-4-2-1-3-5-7/h1-5,9-12H,6H2/t9?,10-,11?,12-/m1/s1. The van der Waals surface area contributed by atoms with Crippen LogP contribution in [0.5, 0.6) is 0 Å². The fourth-order valence-electron chi connectivity index (χ4n) is 2.25. The monoisotopic (exact) mass is 302 g/mol. The van der Waals surface area contributed by atoms with Crippen LogP contribution in [0.3, 0.4) is 0 Å². The van der Waals surface area contributed by atoms with Crippen molar-refractivity contribution in [1.29, 1.82) is 0 Å². The van der Waals surface area contributed by atoms with Crippen molar-refractivity contribution in [2.75, 3.05) is 0 Å². The van der Waals surface area contributed by atoms with E-state index in [1.807, 2.05) is 18.2 Å². The van der Waals surface area contributed by atoms with Crippen molar-refractivity contribution in [1.82, 2.24) is 0 Å². The first-order chi connectivity index (χ1) is 7.75. The first kappa shape index (κ1) is 10.8. The molecule has 2 nitrogen and oxygen atoms in total. The van der Waals surface area contributed by atoms with Gasteiger partial charge in [0.1, 0.15) is 0 Å². The van der Waals surface area contributed by atoms with Crippen LogP contribution in [0.15, 0.2) is 30.3 Å². The van der Waals surface area contributed by atoms with E-state index < -0.39 is 0 Å². The molecule has 84 valence electrons. The van der Waals surface area contributed by atoms with Gasteiger partial charge in [0, 0.05) is 0 Å².